The van der Waals surface area contributed by atoms with Gasteiger partial charge in [-0.1, -0.05) is 94.8 Å². The van der Waals surface area contributed by atoms with Crippen LogP contribution in [0.4, 0.5) is 0 Å². The van der Waals surface area contributed by atoms with Gasteiger partial charge in [-0.25, -0.2) is 0 Å². The normalized spacial score (nSPS) is 23.0. The fraction of sp³-hybridized carbons (Fsp3) is 0.478. The van der Waals surface area contributed by atoms with Gasteiger partial charge in [0, 0.05) is 0 Å². The van der Waals surface area contributed by atoms with Crippen molar-refractivity contribution < 1.29 is 9.53 Å². The van der Waals surface area contributed by atoms with Crippen molar-refractivity contribution in [1.29, 1.82) is 0 Å². The third-order valence-electron chi connectivity index (χ3n) is 5.79. The maximum atomic E-state index is 10.9. The minimum absolute atomic E-state index is 0.0405. The van der Waals surface area contributed by atoms with Crippen LogP contribution in [0.15, 0.2) is 60.7 Å². The Morgan fingerprint density at radius 1 is 1.00 bits per heavy atom. The van der Waals surface area contributed by atoms with Crippen LogP contribution < -0.4 is 10.4 Å². The highest BCUT2D eigenvalue weighted by molar-refractivity contribution is 6.99. The molecule has 0 bridgehead atoms. The molecule has 140 valence electrons. The van der Waals surface area contributed by atoms with Crippen molar-refractivity contribution in [2.24, 2.45) is 5.92 Å². The van der Waals surface area contributed by atoms with Crippen LogP contribution in [0.25, 0.3) is 0 Å². The fourth-order valence-corrected chi connectivity index (χ4v) is 8.88. The van der Waals surface area contributed by atoms with Gasteiger partial charge < -0.3 is 9.53 Å². The standard InChI is InChI=1S/C23H32O2Si/c1-5-12-19-17-23(19,24)18-25-26(22(2,3)4,20-13-8-6-9-14-20)21-15-10-7-11-16-21/h6-11,13-16,19,24H,5,12,17-18H2,1-4H3/t19-,23-/m0/s1. The number of rotatable bonds is 7. The first-order chi connectivity index (χ1) is 12.3. The van der Waals surface area contributed by atoms with E-state index < -0.39 is 13.9 Å². The Hall–Kier alpha value is -1.42. The molecule has 2 nitrogen and oxygen atoms in total. The van der Waals surface area contributed by atoms with Crippen LogP contribution in [0, 0.1) is 5.92 Å². The topological polar surface area (TPSA) is 29.5 Å². The summed E-state index contributed by atoms with van der Waals surface area (Å²) >= 11 is 0. The predicted octanol–water partition coefficient (Wildman–Crippen LogP) is 4.11. The Morgan fingerprint density at radius 3 is 1.92 bits per heavy atom. The number of benzene rings is 2. The summed E-state index contributed by atoms with van der Waals surface area (Å²) in [6.07, 6.45) is 3.08. The molecule has 2 aromatic carbocycles. The quantitative estimate of drug-likeness (QED) is 0.745. The van der Waals surface area contributed by atoms with Crippen LogP contribution in [0.2, 0.25) is 5.04 Å². The first-order valence-corrected chi connectivity index (χ1v) is 11.7. The van der Waals surface area contributed by atoms with E-state index in [4.69, 9.17) is 4.43 Å². The Bertz CT molecular complexity index is 668. The number of aliphatic hydroxyl groups is 1. The molecule has 1 saturated carbocycles. The van der Waals surface area contributed by atoms with E-state index in [9.17, 15) is 5.11 Å². The first kappa shape index (κ1) is 19.3. The van der Waals surface area contributed by atoms with Gasteiger partial charge in [-0.05, 0) is 34.2 Å². The second-order valence-electron chi connectivity index (χ2n) is 8.75. The Labute approximate surface area is 159 Å². The molecule has 2 atom stereocenters. The van der Waals surface area contributed by atoms with E-state index >= 15 is 0 Å². The monoisotopic (exact) mass is 368 g/mol. The average Bonchev–Trinajstić information content (AvgIpc) is 3.26. The third kappa shape index (κ3) is 3.53. The van der Waals surface area contributed by atoms with Gasteiger partial charge >= 0.3 is 0 Å². The highest BCUT2D eigenvalue weighted by atomic mass is 28.4. The highest BCUT2D eigenvalue weighted by Gasteiger charge is 2.56. The molecule has 0 aromatic heterocycles. The van der Waals surface area contributed by atoms with Crippen molar-refractivity contribution in [3.05, 3.63) is 60.7 Å². The molecule has 3 heteroatoms. The molecule has 1 N–H and O–H groups in total. The molecule has 3 rings (SSSR count). The Balaban J connectivity index is 2.01. The maximum Gasteiger partial charge on any atom is 0.261 e. The second kappa shape index (κ2) is 7.30. The zero-order valence-corrected chi connectivity index (χ0v) is 17.5. The lowest BCUT2D eigenvalue weighted by Crippen LogP contribution is -2.67. The molecule has 1 fully saturated rings. The summed E-state index contributed by atoms with van der Waals surface area (Å²) < 4.78 is 6.86. The molecule has 0 unspecified atom stereocenters. The van der Waals surface area contributed by atoms with E-state index in [2.05, 4.69) is 88.4 Å². The van der Waals surface area contributed by atoms with Crippen LogP contribution in [0.1, 0.15) is 47.0 Å². The lowest BCUT2D eigenvalue weighted by Gasteiger charge is -2.43. The van der Waals surface area contributed by atoms with Gasteiger partial charge in [-0.2, -0.15) is 0 Å². The minimum Gasteiger partial charge on any atom is -0.404 e. The molecule has 1 aliphatic carbocycles. The molecule has 0 spiro atoms. The van der Waals surface area contributed by atoms with Gasteiger partial charge in [0.15, 0.2) is 0 Å². The molecule has 0 saturated heterocycles. The van der Waals surface area contributed by atoms with Crippen LogP contribution in [0.3, 0.4) is 0 Å². The van der Waals surface area contributed by atoms with Gasteiger partial charge in [-0.3, -0.25) is 0 Å². The average molecular weight is 369 g/mol. The summed E-state index contributed by atoms with van der Waals surface area (Å²) in [7, 11) is -2.53. The van der Waals surface area contributed by atoms with Crippen LogP contribution >= 0.6 is 0 Å². The summed E-state index contributed by atoms with van der Waals surface area (Å²) in [6, 6.07) is 21.3. The summed E-state index contributed by atoms with van der Waals surface area (Å²) in [5.41, 5.74) is -0.636. The Morgan fingerprint density at radius 2 is 1.50 bits per heavy atom. The van der Waals surface area contributed by atoms with Crippen LogP contribution in [-0.2, 0) is 4.43 Å². The third-order valence-corrected chi connectivity index (χ3v) is 10.8. The molecular formula is C23H32O2Si. The van der Waals surface area contributed by atoms with Crippen molar-refractivity contribution in [2.75, 3.05) is 6.61 Å². The zero-order valence-electron chi connectivity index (χ0n) is 16.5. The fourth-order valence-electron chi connectivity index (χ4n) is 4.26. The van der Waals surface area contributed by atoms with E-state index in [1.54, 1.807) is 0 Å². The molecule has 1 aliphatic rings. The molecule has 0 aliphatic heterocycles. The molecule has 2 aromatic rings. The van der Waals surface area contributed by atoms with E-state index in [1.807, 2.05) is 0 Å². The summed E-state index contributed by atoms with van der Waals surface area (Å²) in [4.78, 5) is 0. The van der Waals surface area contributed by atoms with Gasteiger partial charge in [0.1, 0.15) is 0 Å². The maximum absolute atomic E-state index is 10.9. The molecule has 26 heavy (non-hydrogen) atoms. The van der Waals surface area contributed by atoms with Gasteiger partial charge in [0.2, 0.25) is 0 Å². The molecule has 0 heterocycles. The molecule has 0 radical (unpaired) electrons. The largest absolute Gasteiger partial charge is 0.404 e. The van der Waals surface area contributed by atoms with Crippen LogP contribution in [-0.4, -0.2) is 25.6 Å². The van der Waals surface area contributed by atoms with E-state index in [1.165, 1.54) is 10.4 Å². The number of hydrogen-bond donors (Lipinski definition) is 1. The number of hydrogen-bond acceptors (Lipinski definition) is 2. The minimum atomic E-state index is -2.53. The van der Waals surface area contributed by atoms with Crippen LogP contribution in [0.5, 0.6) is 0 Å². The molecule has 0 amide bonds. The second-order valence-corrected chi connectivity index (χ2v) is 13.1. The highest BCUT2D eigenvalue weighted by Crippen LogP contribution is 2.48. The zero-order chi connectivity index (χ0) is 18.8. The van der Waals surface area contributed by atoms with Gasteiger partial charge in [0.05, 0.1) is 12.2 Å². The van der Waals surface area contributed by atoms with Crippen molar-refractivity contribution in [3.8, 4) is 0 Å². The van der Waals surface area contributed by atoms with Crippen molar-refractivity contribution >= 4 is 18.7 Å². The smallest absolute Gasteiger partial charge is 0.261 e. The Kier molecular flexibility index (Phi) is 5.43. The lowest BCUT2D eigenvalue weighted by molar-refractivity contribution is 0.0649. The van der Waals surface area contributed by atoms with E-state index in [0.717, 1.165) is 19.3 Å². The lowest BCUT2D eigenvalue weighted by atomic mass is 10.2. The van der Waals surface area contributed by atoms with E-state index in [0.29, 0.717) is 12.5 Å². The SMILES string of the molecule is CCC[C@H]1C[C@]1(O)CO[Si](c1ccccc1)(c1ccccc1)C(C)(C)C. The van der Waals surface area contributed by atoms with Gasteiger partial charge in [0.25, 0.3) is 8.32 Å². The van der Waals surface area contributed by atoms with E-state index in [-0.39, 0.29) is 5.04 Å². The van der Waals surface area contributed by atoms with Crippen molar-refractivity contribution in [2.45, 2.75) is 57.6 Å². The predicted molar refractivity (Wildman–Crippen MR) is 112 cm³/mol. The van der Waals surface area contributed by atoms with Crippen molar-refractivity contribution in [3.63, 3.8) is 0 Å². The summed E-state index contributed by atoms with van der Waals surface area (Å²) in [5.74, 6) is 0.394. The summed E-state index contributed by atoms with van der Waals surface area (Å²) in [5, 5.41) is 13.4. The first-order valence-electron chi connectivity index (χ1n) is 9.81. The van der Waals surface area contributed by atoms with Gasteiger partial charge in [-0.15, -0.1) is 0 Å². The summed E-state index contributed by atoms with van der Waals surface area (Å²) in [6.45, 7) is 9.45. The van der Waals surface area contributed by atoms with Crippen molar-refractivity contribution in [1.82, 2.24) is 0 Å². The molecular weight excluding hydrogens is 336 g/mol.